The largest absolute Gasteiger partial charge is 0.493 e. The molecule has 0 amide bonds. The minimum atomic E-state index is -0.0552. The number of ketones is 1. The van der Waals surface area contributed by atoms with Crippen LogP contribution >= 0.6 is 11.3 Å². The summed E-state index contributed by atoms with van der Waals surface area (Å²) in [5, 5.41) is 0.734. The lowest BCUT2D eigenvalue weighted by atomic mass is 9.97. The van der Waals surface area contributed by atoms with Crippen molar-refractivity contribution >= 4 is 27.3 Å². The van der Waals surface area contributed by atoms with Crippen LogP contribution in [0.15, 0.2) is 23.0 Å². The molecule has 0 fully saturated rings. The first kappa shape index (κ1) is 19.6. The highest BCUT2D eigenvalue weighted by molar-refractivity contribution is 7.18. The number of benzene rings is 1. The summed E-state index contributed by atoms with van der Waals surface area (Å²) in [6, 6.07) is 5.50. The molecular formula is C22H24N2O4S. The fraction of sp³-hybridized carbons (Fsp3) is 0.409. The molecule has 0 bridgehead atoms. The van der Waals surface area contributed by atoms with E-state index in [4.69, 9.17) is 14.5 Å². The lowest BCUT2D eigenvalue weighted by molar-refractivity contribution is -0.117. The Hall–Kier alpha value is -2.67. The molecule has 2 heterocycles. The first-order valence-electron chi connectivity index (χ1n) is 9.80. The fourth-order valence-electron chi connectivity index (χ4n) is 3.91. The highest BCUT2D eigenvalue weighted by Gasteiger charge is 2.23. The Morgan fingerprint density at radius 2 is 1.93 bits per heavy atom. The third-order valence-electron chi connectivity index (χ3n) is 5.40. The zero-order valence-electron chi connectivity index (χ0n) is 16.9. The molecule has 29 heavy (non-hydrogen) atoms. The van der Waals surface area contributed by atoms with Gasteiger partial charge in [0.25, 0.3) is 5.56 Å². The zero-order chi connectivity index (χ0) is 20.5. The van der Waals surface area contributed by atoms with Crippen LogP contribution in [-0.4, -0.2) is 29.6 Å². The van der Waals surface area contributed by atoms with Crippen LogP contribution < -0.4 is 15.0 Å². The number of methoxy groups -OCH3 is 2. The lowest BCUT2D eigenvalue weighted by Crippen LogP contribution is -2.25. The second kappa shape index (κ2) is 7.99. The number of fused-ring (bicyclic) bond motifs is 3. The van der Waals surface area contributed by atoms with Gasteiger partial charge in [0.15, 0.2) is 11.5 Å². The first-order chi connectivity index (χ1) is 14.0. The van der Waals surface area contributed by atoms with Crippen LogP contribution in [0.4, 0.5) is 0 Å². The molecule has 3 aromatic rings. The van der Waals surface area contributed by atoms with E-state index in [1.807, 2.05) is 12.1 Å². The number of rotatable bonds is 6. The van der Waals surface area contributed by atoms with Crippen molar-refractivity contribution in [1.82, 2.24) is 9.55 Å². The Balaban J connectivity index is 1.95. The number of hydrogen-bond donors (Lipinski definition) is 0. The van der Waals surface area contributed by atoms with Gasteiger partial charge in [0.2, 0.25) is 0 Å². The maximum Gasteiger partial charge on any atom is 0.262 e. The Morgan fingerprint density at radius 3 is 2.66 bits per heavy atom. The molecule has 152 valence electrons. The Morgan fingerprint density at radius 1 is 1.17 bits per heavy atom. The number of aromatic nitrogens is 2. The van der Waals surface area contributed by atoms with Gasteiger partial charge in [-0.1, -0.05) is 0 Å². The molecule has 0 radical (unpaired) electrons. The van der Waals surface area contributed by atoms with E-state index in [1.54, 1.807) is 43.1 Å². The molecule has 0 unspecified atom stereocenters. The van der Waals surface area contributed by atoms with Crippen molar-refractivity contribution in [1.29, 1.82) is 0 Å². The van der Waals surface area contributed by atoms with Gasteiger partial charge in [0.1, 0.15) is 16.4 Å². The van der Waals surface area contributed by atoms with Gasteiger partial charge in [-0.15, -0.1) is 11.3 Å². The smallest absolute Gasteiger partial charge is 0.262 e. The van der Waals surface area contributed by atoms with E-state index >= 15 is 0 Å². The molecule has 0 spiro atoms. The average Bonchev–Trinajstić information content (AvgIpc) is 3.10. The number of hydrogen-bond acceptors (Lipinski definition) is 6. The summed E-state index contributed by atoms with van der Waals surface area (Å²) in [6.07, 6.45) is 4.48. The van der Waals surface area contributed by atoms with Gasteiger partial charge in [0.05, 0.1) is 19.6 Å². The molecule has 0 saturated carbocycles. The lowest BCUT2D eigenvalue weighted by Gasteiger charge is -2.15. The quantitative estimate of drug-likeness (QED) is 0.612. The minimum Gasteiger partial charge on any atom is -0.493 e. The number of Topliss-reactive ketones (excluding diaryl/α,β-unsaturated/α-hetero) is 1. The summed E-state index contributed by atoms with van der Waals surface area (Å²) in [7, 11) is 3.16. The van der Waals surface area contributed by atoms with Crippen LogP contribution in [0.1, 0.15) is 36.6 Å². The van der Waals surface area contributed by atoms with Crippen molar-refractivity contribution in [3.63, 3.8) is 0 Å². The van der Waals surface area contributed by atoms with E-state index in [0.29, 0.717) is 30.3 Å². The molecule has 7 heteroatoms. The van der Waals surface area contributed by atoms with Crippen LogP contribution in [0.2, 0.25) is 0 Å². The molecule has 1 aromatic carbocycles. The number of aryl methyl sites for hydroxylation is 2. The zero-order valence-corrected chi connectivity index (χ0v) is 17.7. The summed E-state index contributed by atoms with van der Waals surface area (Å²) in [5.41, 5.74) is 1.86. The summed E-state index contributed by atoms with van der Waals surface area (Å²) in [6.45, 7) is 1.85. The summed E-state index contributed by atoms with van der Waals surface area (Å²) in [5.74, 6) is 1.79. The third-order valence-corrected chi connectivity index (χ3v) is 6.59. The van der Waals surface area contributed by atoms with Crippen molar-refractivity contribution < 1.29 is 14.3 Å². The second-order valence-corrected chi connectivity index (χ2v) is 8.39. The van der Waals surface area contributed by atoms with Crippen LogP contribution in [0.25, 0.3) is 21.6 Å². The monoisotopic (exact) mass is 412 g/mol. The van der Waals surface area contributed by atoms with Crippen LogP contribution in [0.5, 0.6) is 11.5 Å². The Labute approximate surface area is 173 Å². The van der Waals surface area contributed by atoms with Gasteiger partial charge in [-0.2, -0.15) is 0 Å². The average molecular weight is 413 g/mol. The van der Waals surface area contributed by atoms with E-state index in [1.165, 1.54) is 4.88 Å². The predicted octanol–water partition coefficient (Wildman–Crippen LogP) is 4.00. The SMILES string of the molecule is COc1ccc(-c2nc3sc4c(c3c(=O)n2CCC(C)=O)CCCC4)cc1OC. The fourth-order valence-corrected chi connectivity index (χ4v) is 5.16. The van der Waals surface area contributed by atoms with Crippen LogP contribution in [0.3, 0.4) is 0 Å². The Kier molecular flexibility index (Phi) is 5.41. The van der Waals surface area contributed by atoms with Gasteiger partial charge in [-0.05, 0) is 56.4 Å². The highest BCUT2D eigenvalue weighted by atomic mass is 32.1. The molecule has 0 aliphatic heterocycles. The number of ether oxygens (including phenoxy) is 2. The summed E-state index contributed by atoms with van der Waals surface area (Å²) in [4.78, 5) is 32.1. The maximum atomic E-state index is 13.5. The summed E-state index contributed by atoms with van der Waals surface area (Å²) < 4.78 is 12.4. The van der Waals surface area contributed by atoms with Crippen LogP contribution in [0, 0.1) is 0 Å². The van der Waals surface area contributed by atoms with Crippen molar-refractivity contribution in [2.45, 2.75) is 45.6 Å². The molecule has 0 atom stereocenters. The maximum absolute atomic E-state index is 13.5. The molecule has 1 aliphatic rings. The van der Waals surface area contributed by atoms with Crippen LogP contribution in [-0.2, 0) is 24.2 Å². The van der Waals surface area contributed by atoms with E-state index in [2.05, 4.69) is 0 Å². The molecule has 0 saturated heterocycles. The standard InChI is InChI=1S/C22H24N2O4S/c1-13(25)10-11-24-20(14-8-9-16(27-2)17(12-14)28-3)23-21-19(22(24)26)15-6-4-5-7-18(15)29-21/h8-9,12H,4-7,10-11H2,1-3H3. The van der Waals surface area contributed by atoms with Crippen molar-refractivity contribution in [2.75, 3.05) is 14.2 Å². The molecule has 2 aromatic heterocycles. The van der Waals surface area contributed by atoms with E-state index in [-0.39, 0.29) is 11.3 Å². The van der Waals surface area contributed by atoms with Gasteiger partial charge in [-0.3, -0.25) is 14.2 Å². The summed E-state index contributed by atoms with van der Waals surface area (Å²) >= 11 is 1.63. The molecule has 1 aliphatic carbocycles. The van der Waals surface area contributed by atoms with Gasteiger partial charge in [0, 0.05) is 23.4 Å². The van der Waals surface area contributed by atoms with E-state index < -0.39 is 0 Å². The van der Waals surface area contributed by atoms with Gasteiger partial charge in [-0.25, -0.2) is 4.98 Å². The number of carbonyl (C=O) groups excluding carboxylic acids is 1. The molecular weight excluding hydrogens is 388 g/mol. The third kappa shape index (κ3) is 3.55. The highest BCUT2D eigenvalue weighted by Crippen LogP contribution is 2.36. The van der Waals surface area contributed by atoms with E-state index in [0.717, 1.165) is 47.0 Å². The predicted molar refractivity (Wildman–Crippen MR) is 114 cm³/mol. The van der Waals surface area contributed by atoms with Crippen molar-refractivity contribution in [3.05, 3.63) is 39.0 Å². The number of carbonyl (C=O) groups is 1. The molecule has 4 rings (SSSR count). The van der Waals surface area contributed by atoms with Crippen molar-refractivity contribution in [2.24, 2.45) is 0 Å². The Bertz CT molecular complexity index is 1150. The first-order valence-corrected chi connectivity index (χ1v) is 10.6. The van der Waals surface area contributed by atoms with E-state index in [9.17, 15) is 9.59 Å². The normalized spacial score (nSPS) is 13.3. The topological polar surface area (TPSA) is 70.4 Å². The number of nitrogens with zero attached hydrogens (tertiary/aromatic N) is 2. The van der Waals surface area contributed by atoms with Gasteiger partial charge >= 0.3 is 0 Å². The number of thiophene rings is 1. The molecule has 0 N–H and O–H groups in total. The second-order valence-electron chi connectivity index (χ2n) is 7.31. The minimum absolute atomic E-state index is 0.0441. The van der Waals surface area contributed by atoms with Crippen molar-refractivity contribution in [3.8, 4) is 22.9 Å². The van der Waals surface area contributed by atoms with Gasteiger partial charge < -0.3 is 9.47 Å². The molecule has 6 nitrogen and oxygen atoms in total.